The van der Waals surface area contributed by atoms with Crippen LogP contribution in [0.25, 0.3) is 0 Å². The third-order valence-corrected chi connectivity index (χ3v) is 3.25. The molecule has 0 amide bonds. The van der Waals surface area contributed by atoms with Crippen LogP contribution in [0.4, 0.5) is 0 Å². The molecule has 2 aromatic rings. The van der Waals surface area contributed by atoms with Crippen molar-refractivity contribution in [2.45, 2.75) is 53.4 Å². The lowest BCUT2D eigenvalue weighted by molar-refractivity contribution is 0.284. The van der Waals surface area contributed by atoms with E-state index in [0.29, 0.717) is 19.2 Å². The van der Waals surface area contributed by atoms with Gasteiger partial charge in [-0.1, -0.05) is 13.8 Å². The van der Waals surface area contributed by atoms with Crippen LogP contribution in [0, 0.1) is 6.92 Å². The van der Waals surface area contributed by atoms with Gasteiger partial charge >= 0.3 is 0 Å². The molecule has 2 heterocycles. The van der Waals surface area contributed by atoms with Crippen LogP contribution in [0.15, 0.2) is 24.5 Å². The van der Waals surface area contributed by atoms with E-state index in [1.165, 1.54) is 0 Å². The van der Waals surface area contributed by atoms with E-state index in [0.717, 1.165) is 29.5 Å². The van der Waals surface area contributed by atoms with E-state index in [2.05, 4.69) is 40.6 Å². The highest BCUT2D eigenvalue weighted by atomic mass is 16.5. The van der Waals surface area contributed by atoms with Gasteiger partial charge in [-0.3, -0.25) is 4.98 Å². The summed E-state index contributed by atoms with van der Waals surface area (Å²) in [6.45, 7) is 10.4. The number of rotatable bonds is 7. The molecule has 114 valence electrons. The van der Waals surface area contributed by atoms with Crippen LogP contribution in [-0.4, -0.2) is 20.6 Å². The zero-order valence-corrected chi connectivity index (χ0v) is 13.3. The van der Waals surface area contributed by atoms with Crippen LogP contribution in [0.1, 0.15) is 38.0 Å². The van der Waals surface area contributed by atoms with Crippen molar-refractivity contribution in [2.75, 3.05) is 0 Å². The molecule has 0 saturated heterocycles. The van der Waals surface area contributed by atoms with E-state index in [1.807, 2.05) is 25.3 Å². The van der Waals surface area contributed by atoms with Crippen LogP contribution in [0.3, 0.4) is 0 Å². The van der Waals surface area contributed by atoms with E-state index in [1.54, 1.807) is 6.20 Å². The molecular formula is C16H24N4O. The molecule has 2 rings (SSSR count). The molecule has 0 bridgehead atoms. The van der Waals surface area contributed by atoms with E-state index >= 15 is 0 Å². The molecule has 5 nitrogen and oxygen atoms in total. The molecule has 0 spiro atoms. The van der Waals surface area contributed by atoms with Crippen molar-refractivity contribution in [1.29, 1.82) is 0 Å². The number of imidazole rings is 1. The van der Waals surface area contributed by atoms with Gasteiger partial charge in [-0.05, 0) is 26.0 Å². The summed E-state index contributed by atoms with van der Waals surface area (Å²) in [6.07, 6.45) is 3.77. The van der Waals surface area contributed by atoms with Gasteiger partial charge in [0.1, 0.15) is 18.2 Å². The normalized spacial score (nSPS) is 11.1. The summed E-state index contributed by atoms with van der Waals surface area (Å²) >= 11 is 0. The first kappa shape index (κ1) is 15.5. The van der Waals surface area contributed by atoms with Gasteiger partial charge in [-0.2, -0.15) is 0 Å². The maximum atomic E-state index is 5.93. The summed E-state index contributed by atoms with van der Waals surface area (Å²) in [4.78, 5) is 8.90. The Balaban J connectivity index is 2.08. The van der Waals surface area contributed by atoms with Gasteiger partial charge in [0.15, 0.2) is 0 Å². The Hall–Kier alpha value is -1.88. The topological polar surface area (TPSA) is 52.0 Å². The Labute approximate surface area is 126 Å². The maximum Gasteiger partial charge on any atom is 0.146 e. The predicted octanol–water partition coefficient (Wildman–Crippen LogP) is 2.68. The highest BCUT2D eigenvalue weighted by molar-refractivity contribution is 5.29. The fourth-order valence-electron chi connectivity index (χ4n) is 2.07. The average molecular weight is 288 g/mol. The number of ether oxygens (including phenoxy) is 1. The first-order valence-electron chi connectivity index (χ1n) is 7.43. The first-order valence-corrected chi connectivity index (χ1v) is 7.43. The highest BCUT2D eigenvalue weighted by Gasteiger charge is 2.09. The molecule has 0 aliphatic rings. The lowest BCUT2D eigenvalue weighted by atomic mass is 10.2. The summed E-state index contributed by atoms with van der Waals surface area (Å²) in [5, 5.41) is 3.38. The fourth-order valence-corrected chi connectivity index (χ4v) is 2.07. The van der Waals surface area contributed by atoms with E-state index in [9.17, 15) is 0 Å². The molecule has 21 heavy (non-hydrogen) atoms. The zero-order valence-electron chi connectivity index (χ0n) is 13.3. The van der Waals surface area contributed by atoms with Gasteiger partial charge in [0.05, 0.1) is 5.69 Å². The van der Waals surface area contributed by atoms with Gasteiger partial charge in [0.2, 0.25) is 0 Å². The van der Waals surface area contributed by atoms with Gasteiger partial charge in [-0.25, -0.2) is 4.98 Å². The third kappa shape index (κ3) is 4.29. The number of nitrogens with one attached hydrogen (secondary N) is 1. The van der Waals surface area contributed by atoms with Crippen molar-refractivity contribution in [3.63, 3.8) is 0 Å². The molecule has 0 radical (unpaired) electrons. The van der Waals surface area contributed by atoms with Gasteiger partial charge in [0.25, 0.3) is 0 Å². The Bertz CT molecular complexity index is 577. The third-order valence-electron chi connectivity index (χ3n) is 3.25. The second-order valence-corrected chi connectivity index (χ2v) is 5.35. The minimum Gasteiger partial charge on any atom is -0.484 e. The van der Waals surface area contributed by atoms with Crippen molar-refractivity contribution in [2.24, 2.45) is 0 Å². The van der Waals surface area contributed by atoms with E-state index in [-0.39, 0.29) is 0 Å². The number of hydrogen-bond acceptors (Lipinski definition) is 4. The van der Waals surface area contributed by atoms with Gasteiger partial charge in [-0.15, -0.1) is 0 Å². The van der Waals surface area contributed by atoms with E-state index in [4.69, 9.17) is 4.74 Å². The summed E-state index contributed by atoms with van der Waals surface area (Å²) in [6, 6.07) is 4.37. The highest BCUT2D eigenvalue weighted by Crippen LogP contribution is 2.18. The average Bonchev–Trinajstić information content (AvgIpc) is 2.91. The van der Waals surface area contributed by atoms with Crippen molar-refractivity contribution in [3.05, 3.63) is 41.7 Å². The van der Waals surface area contributed by atoms with Crippen molar-refractivity contribution < 1.29 is 4.74 Å². The smallest absolute Gasteiger partial charge is 0.146 e. The molecule has 0 fully saturated rings. The molecule has 2 aromatic heterocycles. The standard InChI is InChI=1S/C16H24N4O/c1-5-20-9-8-17-16(20)11-21-15-7-6-13(4)19-14(15)10-18-12(2)3/h6-9,12,18H,5,10-11H2,1-4H3. The van der Waals surface area contributed by atoms with Gasteiger partial charge < -0.3 is 14.6 Å². The molecule has 0 saturated carbocycles. The van der Waals surface area contributed by atoms with E-state index < -0.39 is 0 Å². The van der Waals surface area contributed by atoms with Crippen LogP contribution in [0.2, 0.25) is 0 Å². The quantitative estimate of drug-likeness (QED) is 0.851. The Kier molecular flexibility index (Phi) is 5.33. The second kappa shape index (κ2) is 7.22. The van der Waals surface area contributed by atoms with Crippen molar-refractivity contribution >= 4 is 0 Å². The molecule has 1 N–H and O–H groups in total. The van der Waals surface area contributed by atoms with Gasteiger partial charge in [0, 0.05) is 37.2 Å². The summed E-state index contributed by atoms with van der Waals surface area (Å²) in [7, 11) is 0. The lowest BCUT2D eigenvalue weighted by Crippen LogP contribution is -2.23. The van der Waals surface area contributed by atoms with Crippen LogP contribution in [0.5, 0.6) is 5.75 Å². The predicted molar refractivity (Wildman–Crippen MR) is 83.2 cm³/mol. The molecule has 0 aliphatic heterocycles. The first-order chi connectivity index (χ1) is 10.1. The molecule has 0 atom stereocenters. The summed E-state index contributed by atoms with van der Waals surface area (Å²) < 4.78 is 8.00. The molecule has 5 heteroatoms. The van der Waals surface area contributed by atoms with Crippen LogP contribution >= 0.6 is 0 Å². The summed E-state index contributed by atoms with van der Waals surface area (Å²) in [5.74, 6) is 1.75. The van der Waals surface area contributed by atoms with Crippen LogP contribution < -0.4 is 10.1 Å². The Morgan fingerprint density at radius 3 is 2.86 bits per heavy atom. The number of hydrogen-bond donors (Lipinski definition) is 1. The maximum absolute atomic E-state index is 5.93. The fraction of sp³-hybridized carbons (Fsp3) is 0.500. The van der Waals surface area contributed by atoms with Crippen molar-refractivity contribution in [3.8, 4) is 5.75 Å². The monoisotopic (exact) mass is 288 g/mol. The second-order valence-electron chi connectivity index (χ2n) is 5.35. The molecule has 0 aromatic carbocycles. The minimum atomic E-state index is 0.416. The number of aryl methyl sites for hydroxylation is 2. The molecule has 0 unspecified atom stereocenters. The SMILES string of the molecule is CCn1ccnc1COc1ccc(C)nc1CNC(C)C. The Morgan fingerprint density at radius 2 is 2.14 bits per heavy atom. The van der Waals surface area contributed by atoms with Crippen molar-refractivity contribution in [1.82, 2.24) is 19.9 Å². The molecule has 0 aliphatic carbocycles. The minimum absolute atomic E-state index is 0.416. The summed E-state index contributed by atoms with van der Waals surface area (Å²) in [5.41, 5.74) is 1.94. The zero-order chi connectivity index (χ0) is 15.2. The van der Waals surface area contributed by atoms with Crippen LogP contribution in [-0.2, 0) is 19.7 Å². The number of aromatic nitrogens is 3. The largest absolute Gasteiger partial charge is 0.484 e. The lowest BCUT2D eigenvalue weighted by Gasteiger charge is -2.14. The number of nitrogens with zero attached hydrogens (tertiary/aromatic N) is 3. The number of pyridine rings is 1. The Morgan fingerprint density at radius 1 is 1.33 bits per heavy atom. The molecular weight excluding hydrogens is 264 g/mol.